The van der Waals surface area contributed by atoms with Gasteiger partial charge in [-0.2, -0.15) is 4.98 Å². The Morgan fingerprint density at radius 2 is 2.17 bits per heavy atom. The summed E-state index contributed by atoms with van der Waals surface area (Å²) in [5.74, 6) is 0.0814. The third-order valence-corrected chi connectivity index (χ3v) is 3.71. The quantitative estimate of drug-likeness (QED) is 0.783. The number of carbonyl (C=O) groups is 1. The fourth-order valence-electron chi connectivity index (χ4n) is 2.58. The molecule has 3 rings (SSSR count). The maximum absolute atomic E-state index is 11.6. The Morgan fingerprint density at radius 1 is 1.35 bits per heavy atom. The first-order valence-electron chi connectivity index (χ1n) is 7.90. The molecule has 2 aromatic heterocycles. The molecule has 1 aliphatic carbocycles. The molecule has 23 heavy (non-hydrogen) atoms. The zero-order valence-corrected chi connectivity index (χ0v) is 13.0. The first-order chi connectivity index (χ1) is 11.3. The summed E-state index contributed by atoms with van der Waals surface area (Å²) in [6, 6.07) is 3.48. The van der Waals surface area contributed by atoms with Crippen LogP contribution in [-0.4, -0.2) is 33.8 Å². The van der Waals surface area contributed by atoms with Crippen LogP contribution in [0.4, 0.5) is 0 Å². The van der Waals surface area contributed by atoms with Crippen LogP contribution >= 0.6 is 0 Å². The standard InChI is InChI=1S/C16H19N3O4/c1-2-21-16(20)14-18-15(23-19-14)11-8-9-17-13(10-11)22-12-6-4-3-5-7-12/h8-10,12H,2-7H2,1H3. The molecule has 7 nitrogen and oxygen atoms in total. The number of carbonyl (C=O) groups excluding carboxylic acids is 1. The van der Waals surface area contributed by atoms with Gasteiger partial charge in [0, 0.05) is 17.8 Å². The largest absolute Gasteiger partial charge is 0.474 e. The van der Waals surface area contributed by atoms with Crippen molar-refractivity contribution in [1.82, 2.24) is 15.1 Å². The van der Waals surface area contributed by atoms with Gasteiger partial charge in [0.2, 0.25) is 5.88 Å². The molecule has 0 amide bonds. The molecule has 7 heteroatoms. The average molecular weight is 317 g/mol. The topological polar surface area (TPSA) is 87.3 Å². The average Bonchev–Trinajstić information content (AvgIpc) is 3.06. The van der Waals surface area contributed by atoms with Gasteiger partial charge in [-0.25, -0.2) is 9.78 Å². The van der Waals surface area contributed by atoms with E-state index >= 15 is 0 Å². The highest BCUT2D eigenvalue weighted by molar-refractivity contribution is 5.85. The summed E-state index contributed by atoms with van der Waals surface area (Å²) in [4.78, 5) is 19.9. The molecule has 0 aromatic carbocycles. The monoisotopic (exact) mass is 317 g/mol. The number of hydrogen-bond acceptors (Lipinski definition) is 7. The van der Waals surface area contributed by atoms with Crippen molar-refractivity contribution < 1.29 is 18.8 Å². The van der Waals surface area contributed by atoms with Crippen molar-refractivity contribution in [2.24, 2.45) is 0 Å². The highest BCUT2D eigenvalue weighted by Crippen LogP contribution is 2.25. The number of pyridine rings is 1. The van der Waals surface area contributed by atoms with Crippen LogP contribution in [0.3, 0.4) is 0 Å². The van der Waals surface area contributed by atoms with E-state index in [1.165, 1.54) is 19.3 Å². The van der Waals surface area contributed by atoms with E-state index in [0.29, 0.717) is 11.4 Å². The van der Waals surface area contributed by atoms with Crippen LogP contribution < -0.4 is 4.74 Å². The molecule has 0 unspecified atom stereocenters. The lowest BCUT2D eigenvalue weighted by atomic mass is 9.98. The zero-order chi connectivity index (χ0) is 16.1. The van der Waals surface area contributed by atoms with Gasteiger partial charge in [-0.3, -0.25) is 0 Å². The van der Waals surface area contributed by atoms with Gasteiger partial charge in [0.15, 0.2) is 0 Å². The van der Waals surface area contributed by atoms with Crippen molar-refractivity contribution in [3.63, 3.8) is 0 Å². The van der Waals surface area contributed by atoms with Crippen molar-refractivity contribution in [3.05, 3.63) is 24.2 Å². The van der Waals surface area contributed by atoms with E-state index in [1.54, 1.807) is 25.3 Å². The van der Waals surface area contributed by atoms with Gasteiger partial charge >= 0.3 is 5.97 Å². The van der Waals surface area contributed by atoms with E-state index in [9.17, 15) is 4.79 Å². The highest BCUT2D eigenvalue weighted by atomic mass is 16.5. The van der Waals surface area contributed by atoms with E-state index in [2.05, 4.69) is 15.1 Å². The normalized spacial score (nSPS) is 15.3. The summed E-state index contributed by atoms with van der Waals surface area (Å²) >= 11 is 0. The molecule has 0 atom stereocenters. The van der Waals surface area contributed by atoms with Gasteiger partial charge in [-0.05, 0) is 43.8 Å². The predicted octanol–water partition coefficient (Wildman–Crippen LogP) is 3.02. The van der Waals surface area contributed by atoms with Crippen LogP contribution in [-0.2, 0) is 4.74 Å². The highest BCUT2D eigenvalue weighted by Gasteiger charge is 2.19. The first kappa shape index (κ1) is 15.5. The Balaban J connectivity index is 1.73. The molecule has 2 heterocycles. The summed E-state index contributed by atoms with van der Waals surface area (Å²) in [6.45, 7) is 1.98. The second kappa shape index (κ2) is 7.21. The molecule has 1 aliphatic rings. The van der Waals surface area contributed by atoms with Crippen LogP contribution in [0.2, 0.25) is 0 Å². The number of esters is 1. The van der Waals surface area contributed by atoms with Gasteiger partial charge in [-0.1, -0.05) is 6.42 Å². The summed E-state index contributed by atoms with van der Waals surface area (Å²) < 4.78 is 15.9. The minimum Gasteiger partial charge on any atom is -0.474 e. The molecule has 0 bridgehead atoms. The smallest absolute Gasteiger partial charge is 0.379 e. The Morgan fingerprint density at radius 3 is 2.96 bits per heavy atom. The maximum Gasteiger partial charge on any atom is 0.379 e. The fourth-order valence-corrected chi connectivity index (χ4v) is 2.58. The summed E-state index contributed by atoms with van der Waals surface area (Å²) in [5.41, 5.74) is 0.661. The van der Waals surface area contributed by atoms with E-state index < -0.39 is 5.97 Å². The van der Waals surface area contributed by atoms with E-state index in [-0.39, 0.29) is 24.4 Å². The van der Waals surface area contributed by atoms with Crippen LogP contribution in [0, 0.1) is 0 Å². The van der Waals surface area contributed by atoms with Gasteiger partial charge in [0.05, 0.1) is 6.61 Å². The number of ether oxygens (including phenoxy) is 2. The van der Waals surface area contributed by atoms with E-state index in [1.807, 2.05) is 0 Å². The van der Waals surface area contributed by atoms with Gasteiger partial charge < -0.3 is 14.0 Å². The molecule has 0 N–H and O–H groups in total. The fraction of sp³-hybridized carbons (Fsp3) is 0.500. The van der Waals surface area contributed by atoms with Crippen molar-refractivity contribution in [1.29, 1.82) is 0 Å². The second-order valence-corrected chi connectivity index (χ2v) is 5.40. The lowest BCUT2D eigenvalue weighted by Gasteiger charge is -2.22. The molecule has 0 saturated heterocycles. The minimum atomic E-state index is -0.602. The Hall–Kier alpha value is -2.44. The molecule has 0 spiro atoms. The number of nitrogens with zero attached hydrogens (tertiary/aromatic N) is 3. The predicted molar refractivity (Wildman–Crippen MR) is 81.0 cm³/mol. The van der Waals surface area contributed by atoms with Gasteiger partial charge in [-0.15, -0.1) is 0 Å². The zero-order valence-electron chi connectivity index (χ0n) is 13.0. The Kier molecular flexibility index (Phi) is 4.85. The molecule has 1 saturated carbocycles. The molecule has 1 fully saturated rings. The van der Waals surface area contributed by atoms with Crippen molar-refractivity contribution >= 4 is 5.97 Å². The van der Waals surface area contributed by atoms with Crippen molar-refractivity contribution in [2.45, 2.75) is 45.1 Å². The lowest BCUT2D eigenvalue weighted by Crippen LogP contribution is -2.20. The van der Waals surface area contributed by atoms with E-state index in [4.69, 9.17) is 14.0 Å². The second-order valence-electron chi connectivity index (χ2n) is 5.40. The van der Waals surface area contributed by atoms with Crippen molar-refractivity contribution in [2.75, 3.05) is 6.61 Å². The molecular formula is C16H19N3O4. The summed E-state index contributed by atoms with van der Waals surface area (Å²) in [7, 11) is 0. The molecule has 122 valence electrons. The molecule has 0 aliphatic heterocycles. The number of hydrogen-bond donors (Lipinski definition) is 0. The minimum absolute atomic E-state index is 0.0894. The van der Waals surface area contributed by atoms with Crippen LogP contribution in [0.5, 0.6) is 5.88 Å². The van der Waals surface area contributed by atoms with Gasteiger partial charge in [0.1, 0.15) is 6.10 Å². The first-order valence-corrected chi connectivity index (χ1v) is 7.90. The van der Waals surface area contributed by atoms with Gasteiger partial charge in [0.25, 0.3) is 11.7 Å². The van der Waals surface area contributed by atoms with Crippen LogP contribution in [0.25, 0.3) is 11.5 Å². The third-order valence-electron chi connectivity index (χ3n) is 3.71. The molecule has 0 radical (unpaired) electrons. The Bertz CT molecular complexity index is 665. The number of rotatable bonds is 5. The number of aromatic nitrogens is 3. The molecular weight excluding hydrogens is 298 g/mol. The van der Waals surface area contributed by atoms with E-state index in [0.717, 1.165) is 12.8 Å². The molecule has 2 aromatic rings. The maximum atomic E-state index is 11.6. The Labute approximate surface area is 134 Å². The summed E-state index contributed by atoms with van der Waals surface area (Å²) in [6.07, 6.45) is 7.60. The van der Waals surface area contributed by atoms with Crippen LogP contribution in [0.15, 0.2) is 22.9 Å². The summed E-state index contributed by atoms with van der Waals surface area (Å²) in [5, 5.41) is 3.63. The van der Waals surface area contributed by atoms with Crippen LogP contribution in [0.1, 0.15) is 49.6 Å². The third kappa shape index (κ3) is 3.85. The van der Waals surface area contributed by atoms with Crippen molar-refractivity contribution in [3.8, 4) is 17.3 Å². The lowest BCUT2D eigenvalue weighted by molar-refractivity contribution is 0.0508. The SMILES string of the molecule is CCOC(=O)c1noc(-c2ccnc(OC3CCCCC3)c2)n1.